The Kier molecular flexibility index (Phi) is 3.56. The van der Waals surface area contributed by atoms with E-state index in [1.54, 1.807) is 17.0 Å². The third-order valence-corrected chi connectivity index (χ3v) is 3.80. The quantitative estimate of drug-likeness (QED) is 0.623. The number of hydrogen-bond acceptors (Lipinski definition) is 6. The number of hydrogen-bond donors (Lipinski definition) is 0. The minimum atomic E-state index is -0.491. The average Bonchev–Trinajstić information content (AvgIpc) is 2.87. The second-order valence-electron chi connectivity index (χ2n) is 5.26. The van der Waals surface area contributed by atoms with Crippen LogP contribution in [0, 0.1) is 27.4 Å². The minimum absolute atomic E-state index is 0.0959. The van der Waals surface area contributed by atoms with Crippen molar-refractivity contribution < 1.29 is 9.66 Å². The predicted octanol–water partition coefficient (Wildman–Crippen LogP) is 1.37. The van der Waals surface area contributed by atoms with Gasteiger partial charge < -0.3 is 9.30 Å². The van der Waals surface area contributed by atoms with Crippen LogP contribution in [0.25, 0.3) is 0 Å². The lowest BCUT2D eigenvalue weighted by Gasteiger charge is -2.33. The summed E-state index contributed by atoms with van der Waals surface area (Å²) in [5.74, 6) is 0.683. The predicted molar refractivity (Wildman–Crippen MR) is 75.0 cm³/mol. The van der Waals surface area contributed by atoms with Gasteiger partial charge in [0, 0.05) is 25.1 Å². The van der Waals surface area contributed by atoms with Gasteiger partial charge in [0.05, 0.1) is 35.7 Å². The van der Waals surface area contributed by atoms with Crippen molar-refractivity contribution in [3.63, 3.8) is 0 Å². The molecular weight excluding hydrogens is 286 g/mol. The number of non-ortho nitro benzene ring substituents is 1. The molecule has 2 heterocycles. The Bertz CT molecular complexity index is 760. The van der Waals surface area contributed by atoms with E-state index >= 15 is 0 Å². The molecule has 1 aromatic carbocycles. The van der Waals surface area contributed by atoms with Crippen molar-refractivity contribution in [2.45, 2.75) is 5.92 Å². The SMILES string of the molecule is Cn1cnnc1C(c1cc(C#N)cc([N+](=O)[O-])c1)C1COC1. The van der Waals surface area contributed by atoms with E-state index in [-0.39, 0.29) is 23.1 Å². The molecule has 0 amide bonds. The number of ether oxygens (including phenoxy) is 1. The van der Waals surface area contributed by atoms with E-state index in [9.17, 15) is 10.1 Å². The highest BCUT2D eigenvalue weighted by molar-refractivity contribution is 5.47. The normalized spacial score (nSPS) is 15.8. The standard InChI is InChI=1S/C14H13N5O3/c1-18-8-16-17-14(18)13(11-6-22-7-11)10-2-9(5-15)3-12(4-10)19(20)21/h2-4,8,11,13H,6-7H2,1H3. The molecular formula is C14H13N5O3. The van der Waals surface area contributed by atoms with E-state index in [1.165, 1.54) is 12.1 Å². The molecule has 8 heteroatoms. The van der Waals surface area contributed by atoms with Gasteiger partial charge >= 0.3 is 0 Å². The van der Waals surface area contributed by atoms with Gasteiger partial charge in [0.15, 0.2) is 0 Å². The molecule has 1 atom stereocenters. The molecule has 1 fully saturated rings. The lowest BCUT2D eigenvalue weighted by molar-refractivity contribution is -0.385. The Morgan fingerprint density at radius 2 is 2.27 bits per heavy atom. The van der Waals surface area contributed by atoms with Crippen LogP contribution in [0.5, 0.6) is 0 Å². The zero-order valence-electron chi connectivity index (χ0n) is 11.8. The average molecular weight is 299 g/mol. The molecule has 0 N–H and O–H groups in total. The summed E-state index contributed by atoms with van der Waals surface area (Å²) < 4.78 is 7.04. The highest BCUT2D eigenvalue weighted by atomic mass is 16.6. The lowest BCUT2D eigenvalue weighted by atomic mass is 9.83. The van der Waals surface area contributed by atoms with Crippen LogP contribution in [0.2, 0.25) is 0 Å². The Morgan fingerprint density at radius 3 is 2.77 bits per heavy atom. The number of benzene rings is 1. The first kappa shape index (κ1) is 14.2. The topological polar surface area (TPSA) is 107 Å². The molecule has 0 radical (unpaired) electrons. The summed E-state index contributed by atoms with van der Waals surface area (Å²) in [6.07, 6.45) is 1.59. The van der Waals surface area contributed by atoms with Gasteiger partial charge in [-0.25, -0.2) is 0 Å². The maximum Gasteiger partial charge on any atom is 0.271 e. The zero-order valence-corrected chi connectivity index (χ0v) is 11.8. The molecule has 3 rings (SSSR count). The number of aryl methyl sites for hydroxylation is 1. The molecule has 0 aliphatic carbocycles. The van der Waals surface area contributed by atoms with Gasteiger partial charge in [-0.1, -0.05) is 0 Å². The summed E-state index contributed by atoms with van der Waals surface area (Å²) in [6, 6.07) is 6.42. The van der Waals surface area contributed by atoms with Gasteiger partial charge in [0.25, 0.3) is 5.69 Å². The van der Waals surface area contributed by atoms with E-state index in [0.29, 0.717) is 24.6 Å². The van der Waals surface area contributed by atoms with Gasteiger partial charge in [-0.2, -0.15) is 5.26 Å². The number of rotatable bonds is 4. The van der Waals surface area contributed by atoms with Crippen molar-refractivity contribution in [1.29, 1.82) is 5.26 Å². The first-order valence-electron chi connectivity index (χ1n) is 6.71. The smallest absolute Gasteiger partial charge is 0.271 e. The Morgan fingerprint density at radius 1 is 1.50 bits per heavy atom. The lowest BCUT2D eigenvalue weighted by Crippen LogP contribution is -2.35. The van der Waals surface area contributed by atoms with Gasteiger partial charge in [-0.05, 0) is 11.6 Å². The van der Waals surface area contributed by atoms with E-state index in [1.807, 2.05) is 13.1 Å². The van der Waals surface area contributed by atoms with Crippen LogP contribution in [-0.4, -0.2) is 32.9 Å². The molecule has 112 valence electrons. The number of nitrogens with zero attached hydrogens (tertiary/aromatic N) is 5. The number of nitriles is 1. The van der Waals surface area contributed by atoms with Gasteiger partial charge in [0.2, 0.25) is 0 Å². The second kappa shape index (κ2) is 5.54. The number of nitro benzene ring substituents is 1. The Hall–Kier alpha value is -2.79. The highest BCUT2D eigenvalue weighted by Gasteiger charge is 2.34. The third-order valence-electron chi connectivity index (χ3n) is 3.80. The first-order valence-corrected chi connectivity index (χ1v) is 6.71. The highest BCUT2D eigenvalue weighted by Crippen LogP contribution is 2.36. The minimum Gasteiger partial charge on any atom is -0.381 e. The fraction of sp³-hybridized carbons (Fsp3) is 0.357. The molecule has 1 unspecified atom stereocenters. The molecule has 22 heavy (non-hydrogen) atoms. The van der Waals surface area contributed by atoms with Crippen LogP contribution >= 0.6 is 0 Å². The fourth-order valence-electron chi connectivity index (χ4n) is 2.64. The van der Waals surface area contributed by atoms with Crippen molar-refractivity contribution in [2.24, 2.45) is 13.0 Å². The maximum absolute atomic E-state index is 11.1. The van der Waals surface area contributed by atoms with E-state index in [4.69, 9.17) is 10.00 Å². The van der Waals surface area contributed by atoms with Gasteiger partial charge in [0.1, 0.15) is 12.2 Å². The van der Waals surface area contributed by atoms with Gasteiger partial charge in [-0.3, -0.25) is 10.1 Å². The van der Waals surface area contributed by atoms with Crippen molar-refractivity contribution in [2.75, 3.05) is 13.2 Å². The van der Waals surface area contributed by atoms with Crippen molar-refractivity contribution in [1.82, 2.24) is 14.8 Å². The second-order valence-corrected chi connectivity index (χ2v) is 5.26. The molecule has 1 aromatic heterocycles. The number of aromatic nitrogens is 3. The Labute approximate surface area is 126 Å². The third kappa shape index (κ3) is 2.42. The molecule has 1 saturated heterocycles. The molecule has 0 saturated carbocycles. The van der Waals surface area contributed by atoms with Crippen molar-refractivity contribution in [3.8, 4) is 6.07 Å². The summed E-state index contributed by atoms with van der Waals surface area (Å²) in [6.45, 7) is 1.12. The molecule has 0 spiro atoms. The monoisotopic (exact) mass is 299 g/mol. The van der Waals surface area contributed by atoms with Gasteiger partial charge in [-0.15, -0.1) is 10.2 Å². The maximum atomic E-state index is 11.1. The van der Waals surface area contributed by atoms with E-state index < -0.39 is 4.92 Å². The molecule has 1 aliphatic heterocycles. The van der Waals surface area contributed by atoms with Crippen LogP contribution in [-0.2, 0) is 11.8 Å². The molecule has 2 aromatic rings. The summed E-state index contributed by atoms with van der Waals surface area (Å²) >= 11 is 0. The number of nitro groups is 1. The summed E-state index contributed by atoms with van der Waals surface area (Å²) in [5, 5.41) is 28.2. The zero-order chi connectivity index (χ0) is 15.7. The summed E-state index contributed by atoms with van der Waals surface area (Å²) in [7, 11) is 1.82. The van der Waals surface area contributed by atoms with E-state index in [0.717, 1.165) is 0 Å². The van der Waals surface area contributed by atoms with E-state index in [2.05, 4.69) is 10.2 Å². The molecule has 8 nitrogen and oxygen atoms in total. The molecule has 1 aliphatic rings. The van der Waals surface area contributed by atoms with Crippen LogP contribution in [0.1, 0.15) is 22.9 Å². The van der Waals surface area contributed by atoms with Crippen LogP contribution in [0.3, 0.4) is 0 Å². The summed E-state index contributed by atoms with van der Waals surface area (Å²) in [5.41, 5.74) is 0.855. The first-order chi connectivity index (χ1) is 10.6. The van der Waals surface area contributed by atoms with Crippen molar-refractivity contribution >= 4 is 5.69 Å². The van der Waals surface area contributed by atoms with Crippen LogP contribution in [0.15, 0.2) is 24.5 Å². The van der Waals surface area contributed by atoms with Crippen LogP contribution in [0.4, 0.5) is 5.69 Å². The largest absolute Gasteiger partial charge is 0.381 e. The Balaban J connectivity index is 2.12. The summed E-state index contributed by atoms with van der Waals surface area (Å²) in [4.78, 5) is 10.6. The molecule has 0 bridgehead atoms. The fourth-order valence-corrected chi connectivity index (χ4v) is 2.64. The van der Waals surface area contributed by atoms with Crippen LogP contribution < -0.4 is 0 Å². The van der Waals surface area contributed by atoms with Crippen molar-refractivity contribution in [3.05, 3.63) is 51.6 Å².